The standard InChI is InChI=1S/C7H6F3NO2S/c8-7(9,10)5-2-1-4(11)3-6(5)14(12)13/h1-2H,3,11H2. The first kappa shape index (κ1) is 10.8. The Labute approximate surface area is 79.2 Å². The second kappa shape index (κ2) is 3.49. The van der Waals surface area contributed by atoms with Crippen LogP contribution in [0.3, 0.4) is 0 Å². The number of nitrogens with two attached hydrogens (primary N) is 1. The van der Waals surface area contributed by atoms with E-state index < -0.39 is 26.9 Å². The molecule has 0 bridgehead atoms. The van der Waals surface area contributed by atoms with Gasteiger partial charge in [-0.25, -0.2) is 0 Å². The number of rotatable bonds is 0. The summed E-state index contributed by atoms with van der Waals surface area (Å²) in [5, 5.41) is 0. The Morgan fingerprint density at radius 3 is 2.29 bits per heavy atom. The molecule has 14 heavy (non-hydrogen) atoms. The predicted molar refractivity (Wildman–Crippen MR) is 45.0 cm³/mol. The van der Waals surface area contributed by atoms with Crippen LogP contribution in [0.2, 0.25) is 0 Å². The largest absolute Gasteiger partial charge is 0.417 e. The number of halogens is 3. The third-order valence-electron chi connectivity index (χ3n) is 1.64. The van der Waals surface area contributed by atoms with E-state index in [1.165, 1.54) is 0 Å². The summed E-state index contributed by atoms with van der Waals surface area (Å²) in [6.07, 6.45) is -3.32. The van der Waals surface area contributed by atoms with Gasteiger partial charge >= 0.3 is 6.18 Å². The van der Waals surface area contributed by atoms with Crippen molar-refractivity contribution in [3.8, 4) is 0 Å². The van der Waals surface area contributed by atoms with Crippen LogP contribution in [-0.2, 0) is 10.3 Å². The van der Waals surface area contributed by atoms with Gasteiger partial charge in [0.2, 0.25) is 10.3 Å². The highest BCUT2D eigenvalue weighted by Gasteiger charge is 2.38. The average molecular weight is 225 g/mol. The predicted octanol–water partition coefficient (Wildman–Crippen LogP) is 0.773. The summed E-state index contributed by atoms with van der Waals surface area (Å²) >= 11 is 0. The highest BCUT2D eigenvalue weighted by molar-refractivity contribution is 7.73. The van der Waals surface area contributed by atoms with Crippen LogP contribution in [0.4, 0.5) is 13.2 Å². The van der Waals surface area contributed by atoms with Crippen LogP contribution in [0.5, 0.6) is 0 Å². The van der Waals surface area contributed by atoms with E-state index in [0.29, 0.717) is 6.08 Å². The topological polar surface area (TPSA) is 60.2 Å². The van der Waals surface area contributed by atoms with E-state index in [2.05, 4.69) is 0 Å². The summed E-state index contributed by atoms with van der Waals surface area (Å²) in [5.41, 5.74) is 4.17. The van der Waals surface area contributed by atoms with Crippen molar-refractivity contribution in [1.29, 1.82) is 0 Å². The Morgan fingerprint density at radius 2 is 1.86 bits per heavy atom. The van der Waals surface area contributed by atoms with Crippen molar-refractivity contribution in [2.75, 3.05) is 0 Å². The molecule has 0 heterocycles. The fraction of sp³-hybridized carbons (Fsp3) is 0.286. The third-order valence-corrected chi connectivity index (χ3v) is 2.40. The van der Waals surface area contributed by atoms with Gasteiger partial charge in [0, 0.05) is 12.1 Å². The lowest BCUT2D eigenvalue weighted by atomic mass is 10.0. The molecule has 7 heteroatoms. The summed E-state index contributed by atoms with van der Waals surface area (Å²) in [6, 6.07) is 0. The van der Waals surface area contributed by atoms with Gasteiger partial charge in [0.1, 0.15) is 0 Å². The van der Waals surface area contributed by atoms with E-state index in [0.717, 1.165) is 6.08 Å². The Balaban J connectivity index is 3.34. The molecule has 0 aliphatic heterocycles. The van der Waals surface area contributed by atoms with E-state index in [9.17, 15) is 21.6 Å². The normalized spacial score (nSPS) is 17.5. The summed E-state index contributed by atoms with van der Waals surface area (Å²) in [4.78, 5) is -0.711. The van der Waals surface area contributed by atoms with Gasteiger partial charge in [-0.15, -0.1) is 0 Å². The summed E-state index contributed by atoms with van der Waals surface area (Å²) in [5.74, 6) is 0. The molecule has 0 aromatic heterocycles. The Morgan fingerprint density at radius 1 is 1.29 bits per heavy atom. The van der Waals surface area contributed by atoms with Crippen LogP contribution in [0.1, 0.15) is 6.42 Å². The van der Waals surface area contributed by atoms with Crippen LogP contribution < -0.4 is 5.73 Å². The molecular formula is C7H6F3NO2S. The third kappa shape index (κ3) is 2.16. The van der Waals surface area contributed by atoms with Gasteiger partial charge < -0.3 is 5.73 Å². The van der Waals surface area contributed by atoms with E-state index >= 15 is 0 Å². The van der Waals surface area contributed by atoms with Crippen LogP contribution >= 0.6 is 0 Å². The molecule has 0 aromatic carbocycles. The van der Waals surface area contributed by atoms with E-state index in [1.54, 1.807) is 0 Å². The molecule has 1 aliphatic carbocycles. The Hall–Kier alpha value is -1.24. The van der Waals surface area contributed by atoms with Crippen molar-refractivity contribution < 1.29 is 21.6 Å². The first-order chi connectivity index (χ1) is 6.32. The highest BCUT2D eigenvalue weighted by atomic mass is 32.2. The van der Waals surface area contributed by atoms with E-state index in [-0.39, 0.29) is 12.1 Å². The number of alkyl halides is 3. The van der Waals surface area contributed by atoms with Gasteiger partial charge in [-0.05, 0) is 12.2 Å². The zero-order valence-corrected chi connectivity index (χ0v) is 7.61. The van der Waals surface area contributed by atoms with Crippen LogP contribution in [0.15, 0.2) is 23.4 Å². The lowest BCUT2D eigenvalue weighted by molar-refractivity contribution is -0.0860. The molecule has 3 nitrogen and oxygen atoms in total. The fourth-order valence-corrected chi connectivity index (χ4v) is 1.67. The lowest BCUT2D eigenvalue weighted by Crippen LogP contribution is -2.24. The van der Waals surface area contributed by atoms with E-state index in [4.69, 9.17) is 5.73 Å². The first-order valence-corrected chi connectivity index (χ1v) is 4.59. The molecule has 1 aliphatic rings. The van der Waals surface area contributed by atoms with Gasteiger partial charge in [-0.3, -0.25) is 0 Å². The molecule has 0 atom stereocenters. The molecule has 2 N–H and O–H groups in total. The van der Waals surface area contributed by atoms with Crippen molar-refractivity contribution in [1.82, 2.24) is 0 Å². The summed E-state index contributed by atoms with van der Waals surface area (Å²) < 4.78 is 57.7. The molecule has 0 aromatic rings. The summed E-state index contributed by atoms with van der Waals surface area (Å²) in [6.45, 7) is 0. The highest BCUT2D eigenvalue weighted by Crippen LogP contribution is 2.30. The molecule has 0 radical (unpaired) electrons. The van der Waals surface area contributed by atoms with Crippen LogP contribution in [0.25, 0.3) is 0 Å². The maximum absolute atomic E-state index is 12.2. The fourth-order valence-electron chi connectivity index (χ4n) is 1.02. The molecule has 0 fully saturated rings. The van der Waals surface area contributed by atoms with Crippen molar-refractivity contribution in [2.24, 2.45) is 5.73 Å². The van der Waals surface area contributed by atoms with Gasteiger partial charge in [0.15, 0.2) is 0 Å². The van der Waals surface area contributed by atoms with Gasteiger partial charge in [-0.2, -0.15) is 21.6 Å². The molecule has 1 rings (SSSR count). The van der Waals surface area contributed by atoms with Gasteiger partial charge in [0.25, 0.3) is 0 Å². The van der Waals surface area contributed by atoms with Crippen molar-refractivity contribution in [3.05, 3.63) is 23.4 Å². The quantitative estimate of drug-likeness (QED) is 0.619. The molecule has 0 saturated carbocycles. The van der Waals surface area contributed by atoms with Crippen molar-refractivity contribution in [2.45, 2.75) is 12.6 Å². The van der Waals surface area contributed by atoms with Gasteiger partial charge in [0.05, 0.1) is 10.4 Å². The summed E-state index contributed by atoms with van der Waals surface area (Å²) in [7, 11) is -2.89. The Kier molecular flexibility index (Phi) is 2.70. The van der Waals surface area contributed by atoms with Crippen molar-refractivity contribution in [3.63, 3.8) is 0 Å². The second-order valence-electron chi connectivity index (χ2n) is 2.65. The monoisotopic (exact) mass is 225 g/mol. The Bertz CT molecular complexity index is 434. The minimum Gasteiger partial charge on any atom is -0.402 e. The lowest BCUT2D eigenvalue weighted by Gasteiger charge is -2.15. The number of allylic oxidation sites excluding steroid dienone is 4. The minimum atomic E-state index is -4.66. The van der Waals surface area contributed by atoms with Gasteiger partial charge in [-0.1, -0.05) is 0 Å². The maximum atomic E-state index is 12.2. The number of hydrogen-bond acceptors (Lipinski definition) is 3. The SMILES string of the molecule is NC1=CC=C(C(F)(F)F)C(=S(=O)=O)C1. The van der Waals surface area contributed by atoms with Crippen molar-refractivity contribution >= 4 is 15.2 Å². The van der Waals surface area contributed by atoms with Crippen LogP contribution in [0, 0.1) is 0 Å². The number of hydrogen-bond donors (Lipinski definition) is 1. The zero-order valence-electron chi connectivity index (χ0n) is 6.80. The zero-order chi connectivity index (χ0) is 10.9. The average Bonchev–Trinajstić information content (AvgIpc) is 2.01. The molecule has 0 saturated heterocycles. The first-order valence-electron chi connectivity index (χ1n) is 3.51. The molecular weight excluding hydrogens is 219 g/mol. The minimum absolute atomic E-state index is 0.0946. The van der Waals surface area contributed by atoms with Crippen LogP contribution in [-0.4, -0.2) is 19.5 Å². The molecule has 0 unspecified atom stereocenters. The maximum Gasteiger partial charge on any atom is 0.417 e. The molecule has 0 spiro atoms. The molecule has 78 valence electrons. The molecule has 0 amide bonds. The smallest absolute Gasteiger partial charge is 0.402 e. The van der Waals surface area contributed by atoms with E-state index in [1.807, 2.05) is 0 Å². The second-order valence-corrected chi connectivity index (χ2v) is 3.62.